The van der Waals surface area contributed by atoms with Crippen LogP contribution in [0.3, 0.4) is 0 Å². The molecule has 68 valence electrons. The topological polar surface area (TPSA) is 17.1 Å². The van der Waals surface area contributed by atoms with Crippen LogP contribution in [0.1, 0.15) is 25.7 Å². The van der Waals surface area contributed by atoms with Crippen LogP contribution in [-0.2, 0) is 4.79 Å². The van der Waals surface area contributed by atoms with Gasteiger partial charge in [0.25, 0.3) is 0 Å². The first-order chi connectivity index (χ1) is 5.88. The third kappa shape index (κ3) is 1.82. The second-order valence-electron chi connectivity index (χ2n) is 3.41. The Bertz CT molecular complexity index is 151. The molecule has 0 aromatic heterocycles. The van der Waals surface area contributed by atoms with Crippen molar-refractivity contribution in [2.24, 2.45) is 0 Å². The Hall–Kier alpha value is 0.370. The number of hydrogen-bond acceptors (Lipinski definition) is 3. The highest BCUT2D eigenvalue weighted by Crippen LogP contribution is 2.34. The van der Waals surface area contributed by atoms with Crippen LogP contribution in [0.25, 0.3) is 0 Å². The van der Waals surface area contributed by atoms with Crippen molar-refractivity contribution in [3.8, 4) is 0 Å². The molecule has 2 aliphatic rings. The van der Waals surface area contributed by atoms with E-state index in [-0.39, 0.29) is 0 Å². The van der Waals surface area contributed by atoms with Gasteiger partial charge in [0, 0.05) is 0 Å². The lowest BCUT2D eigenvalue weighted by Crippen LogP contribution is -2.24. The van der Waals surface area contributed by atoms with Crippen molar-refractivity contribution in [3.63, 3.8) is 0 Å². The number of hydrogen-bond donors (Lipinski definition) is 0. The zero-order valence-corrected chi connectivity index (χ0v) is 8.76. The molecule has 1 nitrogen and oxygen atoms in total. The van der Waals surface area contributed by atoms with Crippen molar-refractivity contribution in [1.82, 2.24) is 0 Å². The lowest BCUT2D eigenvalue weighted by Gasteiger charge is -2.11. The summed E-state index contributed by atoms with van der Waals surface area (Å²) in [6, 6.07) is 0. The molecule has 2 fully saturated rings. The van der Waals surface area contributed by atoms with Gasteiger partial charge >= 0.3 is 0 Å². The monoisotopic (exact) mass is 202 g/mol. The van der Waals surface area contributed by atoms with Gasteiger partial charge in [-0.15, -0.1) is 0 Å². The Balaban J connectivity index is 1.89. The number of ketones is 1. The molecule has 0 amide bonds. The normalized spacial score (nSPS) is 35.7. The molecule has 0 aromatic rings. The maximum absolute atomic E-state index is 11.8. The van der Waals surface area contributed by atoms with Gasteiger partial charge in [0.15, 0.2) is 5.78 Å². The summed E-state index contributed by atoms with van der Waals surface area (Å²) < 4.78 is 0. The van der Waals surface area contributed by atoms with Gasteiger partial charge in [0.2, 0.25) is 0 Å². The van der Waals surface area contributed by atoms with Gasteiger partial charge in [0.1, 0.15) is 0 Å². The summed E-state index contributed by atoms with van der Waals surface area (Å²) in [7, 11) is 0. The second kappa shape index (κ2) is 4.05. The molecule has 3 heteroatoms. The molecule has 0 radical (unpaired) electrons. The fourth-order valence-corrected chi connectivity index (χ4v) is 4.46. The number of rotatable bonds is 2. The van der Waals surface area contributed by atoms with Gasteiger partial charge in [-0.3, -0.25) is 4.79 Å². The SMILES string of the molecule is O=C(C1CCCS1)C1CCCS1. The molecule has 0 aliphatic carbocycles. The van der Waals surface area contributed by atoms with Crippen LogP contribution in [0.2, 0.25) is 0 Å². The second-order valence-corrected chi connectivity index (χ2v) is 6.03. The predicted octanol–water partition coefficient (Wildman–Crippen LogP) is 2.35. The summed E-state index contributed by atoms with van der Waals surface area (Å²) in [5.41, 5.74) is 0. The van der Waals surface area contributed by atoms with E-state index in [1.165, 1.54) is 24.3 Å². The van der Waals surface area contributed by atoms with E-state index in [9.17, 15) is 4.79 Å². The van der Waals surface area contributed by atoms with Crippen LogP contribution in [0.5, 0.6) is 0 Å². The van der Waals surface area contributed by atoms with E-state index in [2.05, 4.69) is 0 Å². The average Bonchev–Trinajstić information content (AvgIpc) is 2.77. The molecule has 2 atom stereocenters. The van der Waals surface area contributed by atoms with E-state index >= 15 is 0 Å². The van der Waals surface area contributed by atoms with Crippen molar-refractivity contribution in [3.05, 3.63) is 0 Å². The summed E-state index contributed by atoms with van der Waals surface area (Å²) in [6.07, 6.45) is 4.78. The van der Waals surface area contributed by atoms with Crippen LogP contribution in [0.15, 0.2) is 0 Å². The van der Waals surface area contributed by atoms with Gasteiger partial charge in [-0.2, -0.15) is 23.5 Å². The van der Waals surface area contributed by atoms with E-state index < -0.39 is 0 Å². The molecule has 2 rings (SSSR count). The van der Waals surface area contributed by atoms with Gasteiger partial charge in [-0.25, -0.2) is 0 Å². The Labute approximate surface area is 82.1 Å². The molecule has 0 bridgehead atoms. The molecule has 0 N–H and O–H groups in total. The molecule has 0 saturated carbocycles. The van der Waals surface area contributed by atoms with Crippen LogP contribution < -0.4 is 0 Å². The van der Waals surface area contributed by atoms with Crippen molar-refractivity contribution in [1.29, 1.82) is 0 Å². The fraction of sp³-hybridized carbons (Fsp3) is 0.889. The van der Waals surface area contributed by atoms with E-state index in [0.717, 1.165) is 12.8 Å². The predicted molar refractivity (Wildman–Crippen MR) is 56.0 cm³/mol. The maximum Gasteiger partial charge on any atom is 0.158 e. The third-order valence-electron chi connectivity index (χ3n) is 2.49. The first-order valence-corrected chi connectivity index (χ1v) is 6.74. The summed E-state index contributed by atoms with van der Waals surface area (Å²) >= 11 is 3.75. The first kappa shape index (κ1) is 8.95. The smallest absolute Gasteiger partial charge is 0.158 e. The molecule has 2 saturated heterocycles. The highest BCUT2D eigenvalue weighted by atomic mass is 32.2. The van der Waals surface area contributed by atoms with Gasteiger partial charge in [0.05, 0.1) is 10.5 Å². The molecule has 2 aliphatic heterocycles. The Morgan fingerprint density at radius 1 is 1.00 bits per heavy atom. The fourth-order valence-electron chi connectivity index (χ4n) is 1.81. The summed E-state index contributed by atoms with van der Waals surface area (Å²) in [4.78, 5) is 11.8. The minimum atomic E-state index is 0.362. The third-order valence-corrected chi connectivity index (χ3v) is 5.28. The Kier molecular flexibility index (Phi) is 3.02. The maximum atomic E-state index is 11.8. The zero-order chi connectivity index (χ0) is 8.39. The van der Waals surface area contributed by atoms with Gasteiger partial charge in [-0.1, -0.05) is 0 Å². The van der Waals surface area contributed by atoms with E-state index in [0.29, 0.717) is 16.3 Å². The van der Waals surface area contributed by atoms with Crippen molar-refractivity contribution in [2.75, 3.05) is 11.5 Å². The van der Waals surface area contributed by atoms with Crippen molar-refractivity contribution in [2.45, 2.75) is 36.2 Å². The van der Waals surface area contributed by atoms with Crippen LogP contribution in [0.4, 0.5) is 0 Å². The number of Topliss-reactive ketones (excluding diaryl/α,β-unsaturated/α-hetero) is 1. The van der Waals surface area contributed by atoms with Gasteiger partial charge in [-0.05, 0) is 37.2 Å². The van der Waals surface area contributed by atoms with E-state index in [1.807, 2.05) is 23.5 Å². The van der Waals surface area contributed by atoms with Crippen molar-refractivity contribution >= 4 is 29.3 Å². The summed E-state index contributed by atoms with van der Waals surface area (Å²) in [5, 5.41) is 0.723. The quantitative estimate of drug-likeness (QED) is 0.684. The highest BCUT2D eigenvalue weighted by molar-refractivity contribution is 8.02. The van der Waals surface area contributed by atoms with Crippen LogP contribution >= 0.6 is 23.5 Å². The minimum absolute atomic E-state index is 0.362. The molecular formula is C9H14OS2. The van der Waals surface area contributed by atoms with E-state index in [4.69, 9.17) is 0 Å². The molecular weight excluding hydrogens is 188 g/mol. The highest BCUT2D eigenvalue weighted by Gasteiger charge is 2.31. The van der Waals surface area contributed by atoms with Crippen LogP contribution in [-0.4, -0.2) is 27.8 Å². The minimum Gasteiger partial charge on any atom is -0.297 e. The Morgan fingerprint density at radius 3 is 1.83 bits per heavy atom. The standard InChI is InChI=1S/C9H14OS2/c10-9(7-3-1-5-11-7)8-4-2-6-12-8/h7-8H,1-6H2. The van der Waals surface area contributed by atoms with Crippen LogP contribution in [0, 0.1) is 0 Å². The lowest BCUT2D eigenvalue weighted by atomic mass is 10.1. The molecule has 0 spiro atoms. The van der Waals surface area contributed by atoms with Crippen molar-refractivity contribution < 1.29 is 4.79 Å². The lowest BCUT2D eigenvalue weighted by molar-refractivity contribution is -0.118. The molecule has 12 heavy (non-hydrogen) atoms. The Morgan fingerprint density at radius 2 is 1.50 bits per heavy atom. The number of carbonyl (C=O) groups is 1. The molecule has 2 heterocycles. The first-order valence-electron chi connectivity index (χ1n) is 4.65. The number of thioether (sulfide) groups is 2. The summed E-state index contributed by atoms with van der Waals surface area (Å²) in [5.74, 6) is 2.95. The van der Waals surface area contributed by atoms with E-state index in [1.54, 1.807) is 0 Å². The average molecular weight is 202 g/mol. The number of carbonyl (C=O) groups excluding carboxylic acids is 1. The molecule has 2 unspecified atom stereocenters. The zero-order valence-electron chi connectivity index (χ0n) is 7.12. The largest absolute Gasteiger partial charge is 0.297 e. The molecule has 0 aromatic carbocycles. The summed E-state index contributed by atoms with van der Waals surface area (Å²) in [6.45, 7) is 0. The van der Waals surface area contributed by atoms with Gasteiger partial charge < -0.3 is 0 Å².